The van der Waals surface area contributed by atoms with Gasteiger partial charge >= 0.3 is 11.4 Å². The van der Waals surface area contributed by atoms with Crippen molar-refractivity contribution in [3.05, 3.63) is 63.0 Å². The van der Waals surface area contributed by atoms with Gasteiger partial charge in [0, 0.05) is 0 Å². The van der Waals surface area contributed by atoms with Crippen LogP contribution in [0.25, 0.3) is 11.1 Å². The third kappa shape index (κ3) is 2.01. The van der Waals surface area contributed by atoms with Crippen molar-refractivity contribution in [1.29, 1.82) is 0 Å². The first-order valence-electron chi connectivity index (χ1n) is 4.93. The van der Waals surface area contributed by atoms with Gasteiger partial charge in [0.15, 0.2) is 0 Å². The number of benzene rings is 1. The summed E-state index contributed by atoms with van der Waals surface area (Å²) in [5.74, 6) is 0. The fourth-order valence-electron chi connectivity index (χ4n) is 1.62. The molecule has 7 nitrogen and oxygen atoms in total. The Morgan fingerprint density at radius 3 is 1.83 bits per heavy atom. The van der Waals surface area contributed by atoms with Gasteiger partial charge in [0.25, 0.3) is 0 Å². The van der Waals surface area contributed by atoms with Crippen LogP contribution in [0.3, 0.4) is 0 Å². The van der Waals surface area contributed by atoms with Gasteiger partial charge in [0.1, 0.15) is 18.0 Å². The van der Waals surface area contributed by atoms with Crippen molar-refractivity contribution < 1.29 is 9.85 Å². The summed E-state index contributed by atoms with van der Waals surface area (Å²) >= 11 is 0. The third-order valence-electron chi connectivity index (χ3n) is 2.36. The summed E-state index contributed by atoms with van der Waals surface area (Å²) in [6.45, 7) is 0. The van der Waals surface area contributed by atoms with E-state index in [2.05, 4.69) is 4.98 Å². The molecule has 1 aromatic carbocycles. The lowest BCUT2D eigenvalue weighted by molar-refractivity contribution is -0.393. The number of rotatable bonds is 3. The summed E-state index contributed by atoms with van der Waals surface area (Å²) in [6, 6.07) is 8.19. The highest BCUT2D eigenvalue weighted by atomic mass is 16.6. The van der Waals surface area contributed by atoms with E-state index in [9.17, 15) is 20.2 Å². The molecule has 0 bridgehead atoms. The van der Waals surface area contributed by atoms with Crippen LogP contribution in [0, 0.1) is 20.2 Å². The molecule has 7 heteroatoms. The number of hydrogen-bond acceptors (Lipinski definition) is 5. The second-order valence-electron chi connectivity index (χ2n) is 3.43. The fraction of sp³-hybridized carbons (Fsp3) is 0. The molecule has 0 aliphatic heterocycles. The van der Waals surface area contributed by atoms with E-state index in [-0.39, 0.29) is 16.9 Å². The van der Waals surface area contributed by atoms with Crippen molar-refractivity contribution in [3.63, 3.8) is 0 Å². The van der Waals surface area contributed by atoms with Crippen molar-refractivity contribution in [2.75, 3.05) is 0 Å². The molecule has 0 aliphatic carbocycles. The summed E-state index contributed by atoms with van der Waals surface area (Å²) in [7, 11) is 0. The van der Waals surface area contributed by atoms with Crippen LogP contribution in [0.15, 0.2) is 42.7 Å². The van der Waals surface area contributed by atoms with Crippen molar-refractivity contribution in [3.8, 4) is 11.1 Å². The maximum Gasteiger partial charge on any atom is 0.302 e. The third-order valence-corrected chi connectivity index (χ3v) is 2.36. The van der Waals surface area contributed by atoms with Gasteiger partial charge < -0.3 is 0 Å². The largest absolute Gasteiger partial charge is 0.302 e. The summed E-state index contributed by atoms with van der Waals surface area (Å²) in [5, 5.41) is 21.8. The second-order valence-corrected chi connectivity index (χ2v) is 3.43. The van der Waals surface area contributed by atoms with Crippen LogP contribution in [0.2, 0.25) is 0 Å². The van der Waals surface area contributed by atoms with E-state index in [1.807, 2.05) is 0 Å². The average molecular weight is 245 g/mol. The lowest BCUT2D eigenvalue weighted by Gasteiger charge is -2.03. The monoisotopic (exact) mass is 245 g/mol. The van der Waals surface area contributed by atoms with Gasteiger partial charge in [-0.25, -0.2) is 0 Å². The van der Waals surface area contributed by atoms with Gasteiger partial charge in [-0.05, 0) is 5.56 Å². The van der Waals surface area contributed by atoms with Gasteiger partial charge in [0.2, 0.25) is 0 Å². The van der Waals surface area contributed by atoms with E-state index in [0.717, 1.165) is 12.4 Å². The van der Waals surface area contributed by atoms with Crippen LogP contribution >= 0.6 is 0 Å². The zero-order chi connectivity index (χ0) is 13.1. The summed E-state index contributed by atoms with van der Waals surface area (Å²) < 4.78 is 0. The first-order chi connectivity index (χ1) is 8.61. The molecule has 0 unspecified atom stereocenters. The van der Waals surface area contributed by atoms with E-state index >= 15 is 0 Å². The fourth-order valence-corrected chi connectivity index (χ4v) is 1.62. The molecule has 0 aliphatic rings. The van der Waals surface area contributed by atoms with Crippen molar-refractivity contribution in [2.24, 2.45) is 0 Å². The maximum absolute atomic E-state index is 10.9. The average Bonchev–Trinajstić information content (AvgIpc) is 2.38. The molecule has 0 amide bonds. The minimum Gasteiger partial charge on any atom is -0.258 e. The lowest BCUT2D eigenvalue weighted by Crippen LogP contribution is -1.98. The molecule has 2 aromatic rings. The van der Waals surface area contributed by atoms with Crippen molar-refractivity contribution in [1.82, 2.24) is 4.98 Å². The number of nitrogens with zero attached hydrogens (tertiary/aromatic N) is 3. The molecule has 0 N–H and O–H groups in total. The first kappa shape index (κ1) is 11.6. The number of nitro groups is 2. The number of aromatic nitrogens is 1. The zero-order valence-corrected chi connectivity index (χ0v) is 9.02. The molecule has 2 rings (SSSR count). The Morgan fingerprint density at radius 2 is 1.39 bits per heavy atom. The molecule has 0 spiro atoms. The Kier molecular flexibility index (Phi) is 2.96. The lowest BCUT2D eigenvalue weighted by atomic mass is 10.0. The number of hydrogen-bond donors (Lipinski definition) is 0. The van der Waals surface area contributed by atoms with Crippen molar-refractivity contribution >= 4 is 11.4 Å². The van der Waals surface area contributed by atoms with E-state index in [0.29, 0.717) is 5.56 Å². The molecule has 0 saturated carbocycles. The summed E-state index contributed by atoms with van der Waals surface area (Å²) in [6.07, 6.45) is 2.02. The van der Waals surface area contributed by atoms with Gasteiger partial charge in [-0.3, -0.25) is 25.2 Å². The molecule has 1 heterocycles. The minimum absolute atomic E-state index is 0.0272. The Hall–Kier alpha value is -2.83. The molecule has 0 radical (unpaired) electrons. The maximum atomic E-state index is 10.9. The highest BCUT2D eigenvalue weighted by Crippen LogP contribution is 2.36. The minimum atomic E-state index is -0.678. The first-order valence-corrected chi connectivity index (χ1v) is 4.93. The molecule has 0 atom stereocenters. The molecular weight excluding hydrogens is 238 g/mol. The van der Waals surface area contributed by atoms with Crippen LogP contribution in [0.5, 0.6) is 0 Å². The topological polar surface area (TPSA) is 99.2 Å². The summed E-state index contributed by atoms with van der Waals surface area (Å²) in [5.41, 5.74) is -0.371. The zero-order valence-electron chi connectivity index (χ0n) is 9.02. The van der Waals surface area contributed by atoms with E-state index < -0.39 is 9.85 Å². The SMILES string of the molecule is O=[N+]([O-])c1cncc([N+](=O)[O-])c1-c1ccccc1. The molecule has 18 heavy (non-hydrogen) atoms. The molecule has 1 aromatic heterocycles. The molecule has 0 saturated heterocycles. The van der Waals surface area contributed by atoms with Gasteiger partial charge in [-0.15, -0.1) is 0 Å². The Bertz CT molecular complexity index is 581. The highest BCUT2D eigenvalue weighted by molar-refractivity contribution is 5.81. The van der Waals surface area contributed by atoms with E-state index in [1.165, 1.54) is 0 Å². The Balaban J connectivity index is 2.77. The number of pyridine rings is 1. The van der Waals surface area contributed by atoms with Crippen LogP contribution in [0.1, 0.15) is 0 Å². The molecule has 0 fully saturated rings. The standard InChI is InChI=1S/C11H7N3O4/c15-13(16)9-6-12-7-10(14(17)18)11(9)8-4-2-1-3-5-8/h1-7H. The van der Waals surface area contributed by atoms with Gasteiger partial charge in [-0.2, -0.15) is 0 Å². The van der Waals surface area contributed by atoms with Crippen LogP contribution in [0.4, 0.5) is 11.4 Å². The van der Waals surface area contributed by atoms with Crippen LogP contribution < -0.4 is 0 Å². The van der Waals surface area contributed by atoms with E-state index in [1.54, 1.807) is 30.3 Å². The van der Waals surface area contributed by atoms with Gasteiger partial charge in [0.05, 0.1) is 9.85 Å². The normalized spacial score (nSPS) is 10.0. The molecule has 90 valence electrons. The van der Waals surface area contributed by atoms with Crippen LogP contribution in [-0.4, -0.2) is 14.8 Å². The van der Waals surface area contributed by atoms with E-state index in [4.69, 9.17) is 0 Å². The predicted octanol–water partition coefficient (Wildman–Crippen LogP) is 2.57. The smallest absolute Gasteiger partial charge is 0.258 e. The van der Waals surface area contributed by atoms with Crippen LogP contribution in [-0.2, 0) is 0 Å². The second kappa shape index (κ2) is 4.58. The quantitative estimate of drug-likeness (QED) is 0.611. The van der Waals surface area contributed by atoms with Crippen molar-refractivity contribution in [2.45, 2.75) is 0 Å². The summed E-state index contributed by atoms with van der Waals surface area (Å²) in [4.78, 5) is 24.0. The Morgan fingerprint density at radius 1 is 0.889 bits per heavy atom. The predicted molar refractivity (Wildman–Crippen MR) is 63.0 cm³/mol. The Labute approximate surface area is 101 Å². The highest BCUT2D eigenvalue weighted by Gasteiger charge is 2.26. The van der Waals surface area contributed by atoms with Gasteiger partial charge in [-0.1, -0.05) is 30.3 Å². The molecular formula is C11H7N3O4.